The lowest BCUT2D eigenvalue weighted by Gasteiger charge is -2.14. The highest BCUT2D eigenvalue weighted by atomic mass is 16.5. The van der Waals surface area contributed by atoms with Crippen molar-refractivity contribution < 1.29 is 4.74 Å². The van der Waals surface area contributed by atoms with Gasteiger partial charge in [-0.25, -0.2) is 0 Å². The molecule has 90 valence electrons. The molecule has 4 heteroatoms. The number of ether oxygens (including phenoxy) is 1. The maximum absolute atomic E-state index is 5.91. The molecule has 0 aliphatic heterocycles. The molecule has 0 spiro atoms. The summed E-state index contributed by atoms with van der Waals surface area (Å²) < 4.78 is 7.32. The molecule has 0 saturated heterocycles. The van der Waals surface area contributed by atoms with Crippen molar-refractivity contribution in [2.45, 2.75) is 19.9 Å². The highest BCUT2D eigenvalue weighted by molar-refractivity contribution is 5.75. The minimum atomic E-state index is 0.297. The van der Waals surface area contributed by atoms with Crippen LogP contribution in [-0.4, -0.2) is 16.9 Å². The third-order valence-electron chi connectivity index (χ3n) is 2.68. The molecule has 2 N–H and O–H groups in total. The van der Waals surface area contributed by atoms with Gasteiger partial charge in [-0.05, 0) is 32.0 Å². The van der Waals surface area contributed by atoms with E-state index < -0.39 is 0 Å². The predicted octanol–water partition coefficient (Wildman–Crippen LogP) is 2.72. The van der Waals surface area contributed by atoms with E-state index in [0.29, 0.717) is 17.5 Å². The van der Waals surface area contributed by atoms with Crippen molar-refractivity contribution in [1.29, 1.82) is 0 Å². The van der Waals surface area contributed by atoms with Gasteiger partial charge < -0.3 is 10.5 Å². The zero-order valence-electron chi connectivity index (χ0n) is 10.3. The lowest BCUT2D eigenvalue weighted by molar-refractivity contribution is 0.417. The Morgan fingerprint density at radius 3 is 2.71 bits per heavy atom. The molecule has 0 radical (unpaired) electrons. The Labute approximate surface area is 101 Å². The zero-order chi connectivity index (χ0) is 12.4. The Morgan fingerprint density at radius 2 is 2.06 bits per heavy atom. The van der Waals surface area contributed by atoms with E-state index in [-0.39, 0.29) is 0 Å². The molecule has 17 heavy (non-hydrogen) atoms. The van der Waals surface area contributed by atoms with Gasteiger partial charge in [-0.3, -0.25) is 4.68 Å². The average Bonchev–Trinajstić information content (AvgIpc) is 2.77. The second-order valence-electron chi connectivity index (χ2n) is 4.18. The SMILES string of the molecule is COc1c(N)cccc1-c1ccnn1C(C)C. The normalized spacial score (nSPS) is 10.8. The van der Waals surface area contributed by atoms with Gasteiger partial charge >= 0.3 is 0 Å². The molecule has 0 fully saturated rings. The summed E-state index contributed by atoms with van der Waals surface area (Å²) in [6, 6.07) is 8.01. The summed E-state index contributed by atoms with van der Waals surface area (Å²) in [5, 5.41) is 4.32. The van der Waals surface area contributed by atoms with Gasteiger partial charge in [0.1, 0.15) is 0 Å². The predicted molar refractivity (Wildman–Crippen MR) is 69.0 cm³/mol. The average molecular weight is 231 g/mol. The maximum Gasteiger partial charge on any atom is 0.151 e. The van der Waals surface area contributed by atoms with Crippen LogP contribution in [0.3, 0.4) is 0 Å². The molecule has 0 unspecified atom stereocenters. The molecule has 0 aliphatic rings. The van der Waals surface area contributed by atoms with E-state index >= 15 is 0 Å². The Kier molecular flexibility index (Phi) is 3.04. The maximum atomic E-state index is 5.91. The Morgan fingerprint density at radius 1 is 1.29 bits per heavy atom. The number of para-hydroxylation sites is 1. The van der Waals surface area contributed by atoms with Crippen LogP contribution in [0.2, 0.25) is 0 Å². The molecule has 0 aliphatic carbocycles. The minimum Gasteiger partial charge on any atom is -0.494 e. The van der Waals surface area contributed by atoms with Crippen molar-refractivity contribution in [3.63, 3.8) is 0 Å². The van der Waals surface area contributed by atoms with Crippen molar-refractivity contribution in [3.05, 3.63) is 30.5 Å². The van der Waals surface area contributed by atoms with Crippen LogP contribution in [0.1, 0.15) is 19.9 Å². The summed E-state index contributed by atoms with van der Waals surface area (Å²) in [4.78, 5) is 0. The van der Waals surface area contributed by atoms with E-state index in [0.717, 1.165) is 11.3 Å². The number of aromatic nitrogens is 2. The largest absolute Gasteiger partial charge is 0.494 e. The second kappa shape index (κ2) is 4.49. The van der Waals surface area contributed by atoms with Crippen molar-refractivity contribution >= 4 is 5.69 Å². The Balaban J connectivity index is 2.60. The first kappa shape index (κ1) is 11.5. The van der Waals surface area contributed by atoms with Gasteiger partial charge in [-0.15, -0.1) is 0 Å². The summed E-state index contributed by atoms with van der Waals surface area (Å²) >= 11 is 0. The molecular weight excluding hydrogens is 214 g/mol. The number of nitrogens with two attached hydrogens (primary N) is 1. The quantitative estimate of drug-likeness (QED) is 0.826. The lowest BCUT2D eigenvalue weighted by atomic mass is 10.1. The van der Waals surface area contributed by atoms with Crippen molar-refractivity contribution in [2.24, 2.45) is 0 Å². The summed E-state index contributed by atoms with van der Waals surface area (Å²) in [5.41, 5.74) is 8.54. The third-order valence-corrected chi connectivity index (χ3v) is 2.68. The van der Waals surface area contributed by atoms with E-state index in [1.54, 1.807) is 13.3 Å². The summed E-state index contributed by atoms with van der Waals surface area (Å²) in [7, 11) is 1.63. The van der Waals surface area contributed by atoms with Crippen LogP contribution in [0.4, 0.5) is 5.69 Å². The number of nitrogens with zero attached hydrogens (tertiary/aromatic N) is 2. The molecule has 0 atom stereocenters. The van der Waals surface area contributed by atoms with Crippen LogP contribution in [-0.2, 0) is 0 Å². The van der Waals surface area contributed by atoms with Crippen molar-refractivity contribution in [3.8, 4) is 17.0 Å². The number of anilines is 1. The Bertz CT molecular complexity index is 517. The van der Waals surface area contributed by atoms with Crippen LogP contribution in [0.15, 0.2) is 30.5 Å². The molecular formula is C13H17N3O. The molecule has 1 aromatic heterocycles. The zero-order valence-corrected chi connectivity index (χ0v) is 10.3. The first-order chi connectivity index (χ1) is 8.15. The van der Waals surface area contributed by atoms with Crippen LogP contribution < -0.4 is 10.5 Å². The van der Waals surface area contributed by atoms with Crippen molar-refractivity contribution in [2.75, 3.05) is 12.8 Å². The fraction of sp³-hybridized carbons (Fsp3) is 0.308. The third kappa shape index (κ3) is 1.98. The first-order valence-electron chi connectivity index (χ1n) is 5.61. The van der Waals surface area contributed by atoms with E-state index in [9.17, 15) is 0 Å². The number of methoxy groups -OCH3 is 1. The number of hydrogen-bond donors (Lipinski definition) is 1. The number of benzene rings is 1. The van der Waals surface area contributed by atoms with Gasteiger partial charge in [-0.2, -0.15) is 5.10 Å². The van der Waals surface area contributed by atoms with Crippen LogP contribution in [0.5, 0.6) is 5.75 Å². The van der Waals surface area contributed by atoms with Gasteiger partial charge in [0, 0.05) is 17.8 Å². The number of hydrogen-bond acceptors (Lipinski definition) is 3. The molecule has 0 saturated carbocycles. The van der Waals surface area contributed by atoms with Crippen LogP contribution >= 0.6 is 0 Å². The number of nitrogen functional groups attached to an aromatic ring is 1. The van der Waals surface area contributed by atoms with Gasteiger partial charge in [0.2, 0.25) is 0 Å². The van der Waals surface area contributed by atoms with Gasteiger partial charge in [0.05, 0.1) is 18.5 Å². The number of rotatable bonds is 3. The van der Waals surface area contributed by atoms with E-state index in [4.69, 9.17) is 10.5 Å². The van der Waals surface area contributed by atoms with Gasteiger partial charge in [-0.1, -0.05) is 6.07 Å². The molecule has 1 heterocycles. The molecule has 2 aromatic rings. The topological polar surface area (TPSA) is 53.1 Å². The molecule has 2 rings (SSSR count). The molecule has 0 amide bonds. The minimum absolute atomic E-state index is 0.297. The van der Waals surface area contributed by atoms with E-state index in [1.807, 2.05) is 28.9 Å². The molecule has 0 bridgehead atoms. The van der Waals surface area contributed by atoms with Gasteiger partial charge in [0.15, 0.2) is 5.75 Å². The van der Waals surface area contributed by atoms with E-state index in [1.165, 1.54) is 0 Å². The van der Waals surface area contributed by atoms with Crippen LogP contribution in [0, 0.1) is 0 Å². The molecule has 4 nitrogen and oxygen atoms in total. The Hall–Kier alpha value is -1.97. The lowest BCUT2D eigenvalue weighted by Crippen LogP contribution is -2.05. The smallest absolute Gasteiger partial charge is 0.151 e. The fourth-order valence-electron chi connectivity index (χ4n) is 1.92. The monoisotopic (exact) mass is 231 g/mol. The van der Waals surface area contributed by atoms with Crippen molar-refractivity contribution in [1.82, 2.24) is 9.78 Å². The summed E-state index contributed by atoms with van der Waals surface area (Å²) in [6.45, 7) is 4.19. The standard InChI is InChI=1S/C13H17N3O/c1-9(2)16-12(7-8-15-16)10-5-4-6-11(14)13(10)17-3/h4-9H,14H2,1-3H3. The van der Waals surface area contributed by atoms with Gasteiger partial charge in [0.25, 0.3) is 0 Å². The summed E-state index contributed by atoms with van der Waals surface area (Å²) in [5.74, 6) is 0.704. The van der Waals surface area contributed by atoms with E-state index in [2.05, 4.69) is 18.9 Å². The second-order valence-corrected chi connectivity index (χ2v) is 4.18. The first-order valence-corrected chi connectivity index (χ1v) is 5.61. The summed E-state index contributed by atoms with van der Waals surface area (Å²) in [6.07, 6.45) is 1.79. The molecule has 1 aromatic carbocycles. The van der Waals surface area contributed by atoms with Crippen LogP contribution in [0.25, 0.3) is 11.3 Å². The highest BCUT2D eigenvalue weighted by Gasteiger charge is 2.14. The fourth-order valence-corrected chi connectivity index (χ4v) is 1.92. The highest BCUT2D eigenvalue weighted by Crippen LogP contribution is 2.35.